The van der Waals surface area contributed by atoms with Gasteiger partial charge in [-0.3, -0.25) is 4.98 Å². The van der Waals surface area contributed by atoms with Crippen molar-refractivity contribution in [1.82, 2.24) is 10.3 Å². The fourth-order valence-electron chi connectivity index (χ4n) is 1.79. The molecule has 21 heavy (non-hydrogen) atoms. The molecule has 0 radical (unpaired) electrons. The summed E-state index contributed by atoms with van der Waals surface area (Å²) in [6.07, 6.45) is 2.42. The van der Waals surface area contributed by atoms with E-state index in [4.69, 9.17) is 4.74 Å². The molecule has 0 spiro atoms. The largest absolute Gasteiger partial charge is 0.495 e. The van der Waals surface area contributed by atoms with Gasteiger partial charge in [0.15, 0.2) is 0 Å². The van der Waals surface area contributed by atoms with Crippen molar-refractivity contribution < 1.29 is 9.53 Å². The molecule has 0 atom stereocenters. The molecular weight excluding hydrogens is 334 g/mol. The predicted molar refractivity (Wildman–Crippen MR) is 85.7 cm³/mol. The first-order chi connectivity index (χ1) is 10.2. The number of carbonyl (C=O) groups excluding carboxylic acids is 1. The molecule has 2 amide bonds. The lowest BCUT2D eigenvalue weighted by Crippen LogP contribution is -2.30. The molecule has 1 aromatic carbocycles. The van der Waals surface area contributed by atoms with E-state index in [1.54, 1.807) is 25.4 Å². The summed E-state index contributed by atoms with van der Waals surface area (Å²) in [5, 5.41) is 5.55. The maximum Gasteiger partial charge on any atom is 0.319 e. The number of aromatic nitrogens is 1. The number of benzene rings is 1. The Labute approximate surface area is 131 Å². The van der Waals surface area contributed by atoms with E-state index in [0.29, 0.717) is 24.4 Å². The van der Waals surface area contributed by atoms with Gasteiger partial charge in [0.25, 0.3) is 0 Å². The lowest BCUT2D eigenvalue weighted by Gasteiger charge is -2.11. The van der Waals surface area contributed by atoms with Gasteiger partial charge in [-0.05, 0) is 30.3 Å². The monoisotopic (exact) mass is 349 g/mol. The molecule has 0 saturated carbocycles. The van der Waals surface area contributed by atoms with Crippen molar-refractivity contribution in [3.05, 3.63) is 52.8 Å². The highest BCUT2D eigenvalue weighted by molar-refractivity contribution is 9.10. The normalized spacial score (nSPS) is 10.0. The third-order valence-corrected chi connectivity index (χ3v) is 3.30. The van der Waals surface area contributed by atoms with Crippen molar-refractivity contribution in [3.8, 4) is 5.75 Å². The molecule has 2 N–H and O–H groups in total. The molecule has 0 aliphatic carbocycles. The summed E-state index contributed by atoms with van der Waals surface area (Å²) in [5.74, 6) is 0.609. The van der Waals surface area contributed by atoms with Gasteiger partial charge < -0.3 is 15.4 Å². The number of nitrogens with zero attached hydrogens (tertiary/aromatic N) is 1. The molecule has 1 aromatic heterocycles. The molecule has 0 aliphatic heterocycles. The van der Waals surface area contributed by atoms with Gasteiger partial charge in [0.2, 0.25) is 0 Å². The van der Waals surface area contributed by atoms with Crippen LogP contribution in [0.4, 0.5) is 10.5 Å². The maximum atomic E-state index is 11.9. The number of anilines is 1. The Morgan fingerprint density at radius 1 is 1.33 bits per heavy atom. The Morgan fingerprint density at radius 3 is 2.90 bits per heavy atom. The molecule has 0 fully saturated rings. The second kappa shape index (κ2) is 7.64. The van der Waals surface area contributed by atoms with Crippen LogP contribution >= 0.6 is 15.9 Å². The van der Waals surface area contributed by atoms with Gasteiger partial charge in [0.1, 0.15) is 5.75 Å². The highest BCUT2D eigenvalue weighted by Crippen LogP contribution is 2.27. The summed E-state index contributed by atoms with van der Waals surface area (Å²) in [4.78, 5) is 16.1. The van der Waals surface area contributed by atoms with E-state index < -0.39 is 0 Å². The van der Waals surface area contributed by atoms with E-state index in [1.165, 1.54) is 0 Å². The number of pyridine rings is 1. The van der Waals surface area contributed by atoms with Crippen molar-refractivity contribution in [2.24, 2.45) is 0 Å². The average Bonchev–Trinajstić information content (AvgIpc) is 2.48. The summed E-state index contributed by atoms with van der Waals surface area (Å²) in [6, 6.07) is 10.9. The molecule has 0 saturated heterocycles. The molecular formula is C15H16BrN3O2. The fraction of sp³-hybridized carbons (Fsp3) is 0.200. The van der Waals surface area contributed by atoms with Crippen molar-refractivity contribution in [3.63, 3.8) is 0 Å². The molecule has 2 aromatic rings. The van der Waals surface area contributed by atoms with Crippen molar-refractivity contribution >= 4 is 27.6 Å². The zero-order valence-electron chi connectivity index (χ0n) is 11.6. The summed E-state index contributed by atoms with van der Waals surface area (Å²) in [6.45, 7) is 0.513. The number of methoxy groups -OCH3 is 1. The highest BCUT2D eigenvalue weighted by atomic mass is 79.9. The minimum Gasteiger partial charge on any atom is -0.495 e. The zero-order chi connectivity index (χ0) is 15.1. The number of carbonyl (C=O) groups is 1. The molecule has 110 valence electrons. The quantitative estimate of drug-likeness (QED) is 0.870. The predicted octanol–water partition coefficient (Wildman–Crippen LogP) is 3.22. The number of hydrogen-bond acceptors (Lipinski definition) is 3. The van der Waals surface area contributed by atoms with Gasteiger partial charge in [0.05, 0.1) is 12.8 Å². The summed E-state index contributed by atoms with van der Waals surface area (Å²) in [7, 11) is 1.56. The molecule has 0 aliphatic rings. The lowest BCUT2D eigenvalue weighted by molar-refractivity contribution is 0.252. The Bertz CT molecular complexity index is 605. The lowest BCUT2D eigenvalue weighted by atomic mass is 10.3. The molecule has 5 nitrogen and oxygen atoms in total. The summed E-state index contributed by atoms with van der Waals surface area (Å²) >= 11 is 3.36. The first-order valence-electron chi connectivity index (χ1n) is 6.47. The Hall–Kier alpha value is -2.08. The van der Waals surface area contributed by atoms with Crippen molar-refractivity contribution in [2.45, 2.75) is 6.42 Å². The number of amides is 2. The van der Waals surface area contributed by atoms with Gasteiger partial charge in [0, 0.05) is 29.3 Å². The van der Waals surface area contributed by atoms with E-state index in [9.17, 15) is 4.79 Å². The first kappa shape index (κ1) is 15.3. The van der Waals surface area contributed by atoms with Crippen LogP contribution < -0.4 is 15.4 Å². The fourth-order valence-corrected chi connectivity index (χ4v) is 2.16. The number of halogens is 1. The molecule has 1 heterocycles. The van der Waals surface area contributed by atoms with Crippen LogP contribution in [0.3, 0.4) is 0 Å². The smallest absolute Gasteiger partial charge is 0.319 e. The zero-order valence-corrected chi connectivity index (χ0v) is 13.2. The van der Waals surface area contributed by atoms with Crippen LogP contribution in [0.1, 0.15) is 5.69 Å². The first-order valence-corrected chi connectivity index (χ1v) is 7.26. The Balaban J connectivity index is 1.86. The van der Waals surface area contributed by atoms with Gasteiger partial charge in [-0.2, -0.15) is 0 Å². The number of ether oxygens (including phenoxy) is 1. The van der Waals surface area contributed by atoms with E-state index in [2.05, 4.69) is 31.5 Å². The second-order valence-electron chi connectivity index (χ2n) is 4.30. The topological polar surface area (TPSA) is 63.2 Å². The molecule has 0 unspecified atom stereocenters. The van der Waals surface area contributed by atoms with E-state index in [-0.39, 0.29) is 6.03 Å². The second-order valence-corrected chi connectivity index (χ2v) is 5.21. The minimum atomic E-state index is -0.276. The average molecular weight is 350 g/mol. The van der Waals surface area contributed by atoms with E-state index in [0.717, 1.165) is 10.2 Å². The van der Waals surface area contributed by atoms with Gasteiger partial charge in [-0.15, -0.1) is 0 Å². The maximum absolute atomic E-state index is 11.9. The van der Waals surface area contributed by atoms with E-state index in [1.807, 2.05) is 24.3 Å². The van der Waals surface area contributed by atoms with Crippen molar-refractivity contribution in [1.29, 1.82) is 0 Å². The molecule has 6 heteroatoms. The standard InChI is InChI=1S/C15H16BrN3O2/c1-21-14-6-5-11(16)10-13(14)19-15(20)18-9-7-12-4-2-3-8-17-12/h2-6,8,10H,7,9H2,1H3,(H2,18,19,20). The van der Waals surface area contributed by atoms with Crippen LogP contribution in [0.2, 0.25) is 0 Å². The van der Waals surface area contributed by atoms with Crippen LogP contribution in [-0.2, 0) is 6.42 Å². The van der Waals surface area contributed by atoms with E-state index >= 15 is 0 Å². The minimum absolute atomic E-state index is 0.276. The van der Waals surface area contributed by atoms with Gasteiger partial charge in [-0.1, -0.05) is 22.0 Å². The summed E-state index contributed by atoms with van der Waals surface area (Å²) < 4.78 is 6.07. The van der Waals surface area contributed by atoms with Gasteiger partial charge in [-0.25, -0.2) is 4.79 Å². The third-order valence-electron chi connectivity index (χ3n) is 2.80. The number of urea groups is 1. The summed E-state index contributed by atoms with van der Waals surface area (Å²) in [5.41, 5.74) is 1.56. The Morgan fingerprint density at radius 2 is 2.19 bits per heavy atom. The molecule has 0 bridgehead atoms. The van der Waals surface area contributed by atoms with Crippen LogP contribution in [0.25, 0.3) is 0 Å². The SMILES string of the molecule is COc1ccc(Br)cc1NC(=O)NCCc1ccccn1. The Kier molecular flexibility index (Phi) is 5.57. The number of rotatable bonds is 5. The van der Waals surface area contributed by atoms with Crippen LogP contribution in [0, 0.1) is 0 Å². The number of nitrogens with one attached hydrogen (secondary N) is 2. The van der Waals surface area contributed by atoms with Crippen molar-refractivity contribution in [2.75, 3.05) is 19.0 Å². The third kappa shape index (κ3) is 4.75. The van der Waals surface area contributed by atoms with Crippen LogP contribution in [-0.4, -0.2) is 24.7 Å². The highest BCUT2D eigenvalue weighted by Gasteiger charge is 2.07. The number of hydrogen-bond donors (Lipinski definition) is 2. The van der Waals surface area contributed by atoms with Crippen LogP contribution in [0.15, 0.2) is 47.1 Å². The van der Waals surface area contributed by atoms with Gasteiger partial charge >= 0.3 is 6.03 Å². The molecule has 2 rings (SSSR count). The van der Waals surface area contributed by atoms with Crippen LogP contribution in [0.5, 0.6) is 5.75 Å².